The highest BCUT2D eigenvalue weighted by molar-refractivity contribution is 7.89. The quantitative estimate of drug-likeness (QED) is 0.501. The molecule has 2 aromatic rings. The van der Waals surface area contributed by atoms with Gasteiger partial charge in [-0.25, -0.2) is 8.42 Å². The summed E-state index contributed by atoms with van der Waals surface area (Å²) in [5.74, 6) is -0.203. The van der Waals surface area contributed by atoms with Gasteiger partial charge in [-0.1, -0.05) is 42.5 Å². The number of fused-ring (bicyclic) bond motifs is 1. The lowest BCUT2D eigenvalue weighted by Gasteiger charge is -2.30. The summed E-state index contributed by atoms with van der Waals surface area (Å²) >= 11 is 0. The van der Waals surface area contributed by atoms with E-state index in [2.05, 4.69) is 26.5 Å². The predicted octanol–water partition coefficient (Wildman–Crippen LogP) is 2.42. The fraction of sp³-hybridized carbons (Fsp3) is 0.348. The molecule has 7 nitrogen and oxygen atoms in total. The second-order valence-electron chi connectivity index (χ2n) is 8.54. The lowest BCUT2D eigenvalue weighted by molar-refractivity contribution is -0.870. The number of nitrogens with zero attached hydrogens (tertiary/aromatic N) is 2. The van der Waals surface area contributed by atoms with Crippen molar-refractivity contribution < 1.29 is 22.4 Å². The third-order valence-electron chi connectivity index (χ3n) is 5.03. The molecule has 0 bridgehead atoms. The average molecular weight is 445 g/mol. The van der Waals surface area contributed by atoms with Gasteiger partial charge in [-0.15, -0.1) is 0 Å². The first-order valence-electron chi connectivity index (χ1n) is 10.2. The number of hydrogen-bond donors (Lipinski definition) is 1. The van der Waals surface area contributed by atoms with Crippen molar-refractivity contribution in [3.8, 4) is 0 Å². The van der Waals surface area contributed by atoms with Crippen LogP contribution in [0.3, 0.4) is 0 Å². The molecule has 3 rings (SSSR count). The lowest BCUT2D eigenvalue weighted by Crippen LogP contribution is -2.41. The Labute approximate surface area is 184 Å². The van der Waals surface area contributed by atoms with Crippen LogP contribution in [0.5, 0.6) is 0 Å². The van der Waals surface area contributed by atoms with Gasteiger partial charge in [0.15, 0.2) is 11.5 Å². The van der Waals surface area contributed by atoms with Gasteiger partial charge in [-0.3, -0.25) is 9.10 Å². The lowest BCUT2D eigenvalue weighted by atomic mass is 10.1. The molecule has 0 spiro atoms. The summed E-state index contributed by atoms with van der Waals surface area (Å²) in [6.45, 7) is 1.55. The van der Waals surface area contributed by atoms with Crippen molar-refractivity contribution in [3.63, 3.8) is 0 Å². The molecule has 1 aliphatic rings. The zero-order chi connectivity index (χ0) is 22.6. The molecule has 0 aliphatic carbocycles. The smallest absolute Gasteiger partial charge is 0.272 e. The Balaban J connectivity index is 1.94. The number of carbonyl (C=O) groups is 1. The highest BCUT2D eigenvalue weighted by Gasteiger charge is 2.38. The van der Waals surface area contributed by atoms with E-state index >= 15 is 0 Å². The van der Waals surface area contributed by atoms with Gasteiger partial charge in [-0.05, 0) is 17.7 Å². The van der Waals surface area contributed by atoms with Crippen LogP contribution in [0.2, 0.25) is 0 Å². The molecule has 0 saturated heterocycles. The number of rotatable bonds is 8. The molecule has 166 valence electrons. The van der Waals surface area contributed by atoms with Gasteiger partial charge in [0.1, 0.15) is 6.61 Å². The monoisotopic (exact) mass is 444 g/mol. The van der Waals surface area contributed by atoms with Crippen molar-refractivity contribution in [2.75, 3.05) is 41.3 Å². The van der Waals surface area contributed by atoms with E-state index in [1.165, 1.54) is 13.1 Å². The number of quaternary nitrogens is 1. The molecule has 0 aromatic heterocycles. The van der Waals surface area contributed by atoms with Crippen LogP contribution in [0.15, 0.2) is 65.2 Å². The van der Waals surface area contributed by atoms with E-state index in [4.69, 9.17) is 4.74 Å². The van der Waals surface area contributed by atoms with Crippen LogP contribution < -0.4 is 5.32 Å². The topological polar surface area (TPSA) is 75.7 Å². The second-order valence-corrected chi connectivity index (χ2v) is 10.5. The molecule has 2 aromatic carbocycles. The largest absolute Gasteiger partial charge is 0.486 e. The third-order valence-corrected chi connectivity index (χ3v) is 6.85. The van der Waals surface area contributed by atoms with Crippen LogP contribution in [0, 0.1) is 0 Å². The summed E-state index contributed by atoms with van der Waals surface area (Å²) in [6, 6.07) is 16.2. The standard InChI is InChI=1S/C23H29N3O4S/c1-25-21(23(27)24-15-10-16-26(2,3)4)22(30-17-18-11-6-5-7-12-18)19-13-8-9-14-20(19)31(25,28)29/h5-9,11-14H,10,15-17H2,1-4H3/p+1. The summed E-state index contributed by atoms with van der Waals surface area (Å²) < 4.78 is 34.0. The summed E-state index contributed by atoms with van der Waals surface area (Å²) in [4.78, 5) is 13.2. The normalized spacial score (nSPS) is 15.4. The Bertz CT molecular complexity index is 1070. The maximum absolute atomic E-state index is 13.1. The van der Waals surface area contributed by atoms with E-state index in [-0.39, 0.29) is 23.0 Å². The van der Waals surface area contributed by atoms with Crippen molar-refractivity contribution in [3.05, 3.63) is 71.4 Å². The number of sulfonamides is 1. The SMILES string of the molecule is CN1C(C(=O)NCCC[N+](C)(C)C)=C(OCc2ccccc2)c2ccccc2S1(=O)=O. The minimum absolute atomic E-state index is 0.000111. The van der Waals surface area contributed by atoms with E-state index in [9.17, 15) is 13.2 Å². The summed E-state index contributed by atoms with van der Waals surface area (Å²) in [5, 5.41) is 2.86. The maximum atomic E-state index is 13.1. The Morgan fingerprint density at radius 2 is 1.68 bits per heavy atom. The number of nitrogens with one attached hydrogen (secondary N) is 1. The molecule has 1 amide bonds. The molecule has 1 aliphatic heterocycles. The number of amides is 1. The minimum Gasteiger partial charge on any atom is -0.486 e. The van der Waals surface area contributed by atoms with Crippen LogP contribution in [0.4, 0.5) is 0 Å². The van der Waals surface area contributed by atoms with E-state index in [0.29, 0.717) is 12.1 Å². The molecule has 0 saturated carbocycles. The van der Waals surface area contributed by atoms with Gasteiger partial charge in [0, 0.05) is 25.6 Å². The highest BCUT2D eigenvalue weighted by atomic mass is 32.2. The second kappa shape index (κ2) is 9.11. The van der Waals surface area contributed by atoms with Gasteiger partial charge < -0.3 is 14.5 Å². The average Bonchev–Trinajstić information content (AvgIpc) is 2.73. The molecule has 8 heteroatoms. The molecule has 0 unspecified atom stereocenters. The van der Waals surface area contributed by atoms with E-state index < -0.39 is 15.9 Å². The van der Waals surface area contributed by atoms with Gasteiger partial charge in [-0.2, -0.15) is 0 Å². The number of ether oxygens (including phenoxy) is 1. The molecule has 1 N–H and O–H groups in total. The van der Waals surface area contributed by atoms with Crippen LogP contribution in [-0.4, -0.2) is 64.4 Å². The van der Waals surface area contributed by atoms with Crippen molar-refractivity contribution in [2.24, 2.45) is 0 Å². The number of benzene rings is 2. The Morgan fingerprint density at radius 3 is 2.35 bits per heavy atom. The van der Waals surface area contributed by atoms with E-state index in [1.807, 2.05) is 30.3 Å². The molecule has 0 fully saturated rings. The molecule has 0 atom stereocenters. The molecule has 31 heavy (non-hydrogen) atoms. The van der Waals surface area contributed by atoms with Gasteiger partial charge in [0.25, 0.3) is 15.9 Å². The fourth-order valence-corrected chi connectivity index (χ4v) is 4.77. The van der Waals surface area contributed by atoms with Gasteiger partial charge in [0.2, 0.25) is 0 Å². The summed E-state index contributed by atoms with van der Waals surface area (Å²) in [7, 11) is 3.78. The van der Waals surface area contributed by atoms with Crippen molar-refractivity contribution in [1.82, 2.24) is 9.62 Å². The van der Waals surface area contributed by atoms with E-state index in [0.717, 1.165) is 27.3 Å². The van der Waals surface area contributed by atoms with Crippen LogP contribution in [0.1, 0.15) is 17.5 Å². The zero-order valence-electron chi connectivity index (χ0n) is 18.5. The molecule has 1 heterocycles. The molecular formula is C23H30N3O4S+. The highest BCUT2D eigenvalue weighted by Crippen LogP contribution is 2.37. The molecule has 0 radical (unpaired) electrons. The first kappa shape index (κ1) is 22.8. The fourth-order valence-electron chi connectivity index (χ4n) is 3.38. The number of carbonyl (C=O) groups excluding carboxylic acids is 1. The first-order valence-corrected chi connectivity index (χ1v) is 11.6. The number of hydrogen-bond acceptors (Lipinski definition) is 4. The molecular weight excluding hydrogens is 414 g/mol. The summed E-state index contributed by atoms with van der Waals surface area (Å²) in [6.07, 6.45) is 0.774. The zero-order valence-corrected chi connectivity index (χ0v) is 19.3. The Morgan fingerprint density at radius 1 is 1.03 bits per heavy atom. The first-order chi connectivity index (χ1) is 14.6. The van der Waals surface area contributed by atoms with Crippen molar-refractivity contribution in [2.45, 2.75) is 17.9 Å². The minimum atomic E-state index is -3.85. The van der Waals surface area contributed by atoms with Crippen molar-refractivity contribution >= 4 is 21.7 Å². The van der Waals surface area contributed by atoms with Crippen LogP contribution in [0.25, 0.3) is 5.76 Å². The van der Waals surface area contributed by atoms with Crippen LogP contribution >= 0.6 is 0 Å². The Hall–Kier alpha value is -2.84. The van der Waals surface area contributed by atoms with Gasteiger partial charge >= 0.3 is 0 Å². The van der Waals surface area contributed by atoms with Crippen LogP contribution in [-0.2, 0) is 26.2 Å². The predicted molar refractivity (Wildman–Crippen MR) is 120 cm³/mol. The third kappa shape index (κ3) is 5.26. The number of likely N-dealkylation sites (N-methyl/N-ethyl adjacent to an activating group) is 1. The van der Waals surface area contributed by atoms with Crippen molar-refractivity contribution in [1.29, 1.82) is 0 Å². The van der Waals surface area contributed by atoms with E-state index in [1.54, 1.807) is 18.2 Å². The maximum Gasteiger partial charge on any atom is 0.272 e. The Kier molecular flexibility index (Phi) is 6.71. The van der Waals surface area contributed by atoms with Gasteiger partial charge in [0.05, 0.1) is 32.6 Å². The summed E-state index contributed by atoms with van der Waals surface area (Å²) in [5.41, 5.74) is 1.32.